The van der Waals surface area contributed by atoms with E-state index in [4.69, 9.17) is 14.2 Å². The summed E-state index contributed by atoms with van der Waals surface area (Å²) in [6.07, 6.45) is 0. The van der Waals surface area contributed by atoms with Crippen LogP contribution in [0.15, 0.2) is 48.5 Å². The van der Waals surface area contributed by atoms with E-state index in [1.165, 1.54) is 0 Å². The molecular formula is C24H27N3O4. The van der Waals surface area contributed by atoms with Crippen LogP contribution in [0.1, 0.15) is 16.7 Å². The average Bonchev–Trinajstić information content (AvgIpc) is 2.78. The van der Waals surface area contributed by atoms with E-state index in [0.29, 0.717) is 12.4 Å². The van der Waals surface area contributed by atoms with Gasteiger partial charge in [-0.15, -0.1) is 10.2 Å². The lowest BCUT2D eigenvalue weighted by molar-refractivity contribution is -0.123. The van der Waals surface area contributed by atoms with Crippen molar-refractivity contribution < 1.29 is 19.0 Å². The van der Waals surface area contributed by atoms with Gasteiger partial charge in [-0.2, -0.15) is 0 Å². The number of ether oxygens (including phenoxy) is 3. The van der Waals surface area contributed by atoms with Gasteiger partial charge in [0.25, 0.3) is 5.91 Å². The Morgan fingerprint density at radius 3 is 2.42 bits per heavy atom. The molecule has 0 bridgehead atoms. The zero-order chi connectivity index (χ0) is 22.2. The number of nitrogens with zero attached hydrogens (tertiary/aromatic N) is 2. The van der Waals surface area contributed by atoms with Crippen LogP contribution >= 0.6 is 0 Å². The van der Waals surface area contributed by atoms with Gasteiger partial charge in [-0.1, -0.05) is 6.07 Å². The molecule has 0 aliphatic rings. The number of carbonyl (C=O) groups excluding carboxylic acids is 1. The number of aromatic nitrogens is 2. The Kier molecular flexibility index (Phi) is 7.43. The van der Waals surface area contributed by atoms with Gasteiger partial charge in [0.2, 0.25) is 5.88 Å². The Balaban J connectivity index is 1.40. The third kappa shape index (κ3) is 6.18. The van der Waals surface area contributed by atoms with Gasteiger partial charge in [-0.25, -0.2) is 0 Å². The van der Waals surface area contributed by atoms with Crippen molar-refractivity contribution in [2.45, 2.75) is 20.8 Å². The molecule has 3 aromatic rings. The first kappa shape index (κ1) is 22.1. The summed E-state index contributed by atoms with van der Waals surface area (Å²) in [7, 11) is 1.63. The molecule has 0 aliphatic heterocycles. The van der Waals surface area contributed by atoms with Gasteiger partial charge in [0, 0.05) is 11.6 Å². The zero-order valence-electron chi connectivity index (χ0n) is 18.3. The molecule has 0 saturated carbocycles. The summed E-state index contributed by atoms with van der Waals surface area (Å²) in [6.45, 7) is 6.60. The van der Waals surface area contributed by atoms with Gasteiger partial charge in [-0.3, -0.25) is 4.79 Å². The maximum absolute atomic E-state index is 12.0. The Bertz CT molecular complexity index is 1020. The minimum atomic E-state index is -0.205. The first-order valence-electron chi connectivity index (χ1n) is 10.0. The highest BCUT2D eigenvalue weighted by Gasteiger charge is 2.08. The highest BCUT2D eigenvalue weighted by atomic mass is 16.5. The quantitative estimate of drug-likeness (QED) is 0.531. The van der Waals surface area contributed by atoms with Crippen LogP contribution in [0, 0.1) is 20.8 Å². The fourth-order valence-corrected chi connectivity index (χ4v) is 3.00. The second-order valence-electron chi connectivity index (χ2n) is 7.18. The van der Waals surface area contributed by atoms with E-state index >= 15 is 0 Å². The van der Waals surface area contributed by atoms with Gasteiger partial charge < -0.3 is 19.5 Å². The van der Waals surface area contributed by atoms with E-state index in [2.05, 4.69) is 21.6 Å². The monoisotopic (exact) mass is 421 g/mol. The summed E-state index contributed by atoms with van der Waals surface area (Å²) in [6, 6.07) is 15.2. The third-order valence-corrected chi connectivity index (χ3v) is 4.82. The molecule has 1 aromatic heterocycles. The number of aryl methyl sites for hydroxylation is 2. The van der Waals surface area contributed by atoms with Crippen molar-refractivity contribution in [2.24, 2.45) is 0 Å². The lowest BCUT2D eigenvalue weighted by Crippen LogP contribution is -2.32. The van der Waals surface area contributed by atoms with Crippen LogP contribution in [-0.2, 0) is 4.79 Å². The molecule has 1 amide bonds. The standard InChI is InChI=1S/C24H27N3O4/c1-16-13-17(2)18(3)22(14-16)31-15-23(28)25-11-12-30-24-10-9-21(26-27-24)19-5-7-20(29-4)8-6-19/h5-10,13-14H,11-12,15H2,1-4H3,(H,25,28). The molecule has 0 fully saturated rings. The lowest BCUT2D eigenvalue weighted by atomic mass is 10.1. The largest absolute Gasteiger partial charge is 0.497 e. The van der Waals surface area contributed by atoms with E-state index in [0.717, 1.165) is 39.4 Å². The van der Waals surface area contributed by atoms with E-state index in [1.54, 1.807) is 13.2 Å². The van der Waals surface area contributed by atoms with Crippen molar-refractivity contribution in [2.75, 3.05) is 26.9 Å². The molecule has 0 radical (unpaired) electrons. The van der Waals surface area contributed by atoms with Crippen LogP contribution in [0.3, 0.4) is 0 Å². The topological polar surface area (TPSA) is 82.6 Å². The molecule has 0 saturated heterocycles. The predicted molar refractivity (Wildman–Crippen MR) is 119 cm³/mol. The average molecular weight is 421 g/mol. The zero-order valence-corrected chi connectivity index (χ0v) is 18.3. The maximum atomic E-state index is 12.0. The van der Waals surface area contributed by atoms with Crippen LogP contribution in [-0.4, -0.2) is 43.0 Å². The number of amides is 1. The smallest absolute Gasteiger partial charge is 0.258 e. The maximum Gasteiger partial charge on any atom is 0.258 e. The number of rotatable bonds is 9. The number of hydrogen-bond acceptors (Lipinski definition) is 6. The first-order chi connectivity index (χ1) is 15.0. The Hall–Kier alpha value is -3.61. The van der Waals surface area contributed by atoms with E-state index in [9.17, 15) is 4.79 Å². The predicted octanol–water partition coefficient (Wildman–Crippen LogP) is 3.65. The van der Waals surface area contributed by atoms with Gasteiger partial charge in [0.05, 0.1) is 19.3 Å². The Morgan fingerprint density at radius 1 is 0.968 bits per heavy atom. The minimum absolute atomic E-state index is 0.0416. The number of nitrogens with one attached hydrogen (secondary N) is 1. The number of hydrogen-bond donors (Lipinski definition) is 1. The molecule has 0 unspecified atom stereocenters. The molecule has 1 heterocycles. The van der Waals surface area contributed by atoms with Crippen molar-refractivity contribution in [1.29, 1.82) is 0 Å². The van der Waals surface area contributed by atoms with Gasteiger partial charge >= 0.3 is 0 Å². The molecule has 31 heavy (non-hydrogen) atoms. The second-order valence-corrected chi connectivity index (χ2v) is 7.18. The van der Waals surface area contributed by atoms with Crippen LogP contribution in [0.2, 0.25) is 0 Å². The van der Waals surface area contributed by atoms with Crippen molar-refractivity contribution >= 4 is 5.91 Å². The highest BCUT2D eigenvalue weighted by molar-refractivity contribution is 5.77. The third-order valence-electron chi connectivity index (χ3n) is 4.82. The lowest BCUT2D eigenvalue weighted by Gasteiger charge is -2.12. The fraction of sp³-hybridized carbons (Fsp3) is 0.292. The van der Waals surface area contributed by atoms with E-state index in [1.807, 2.05) is 57.2 Å². The molecule has 0 aliphatic carbocycles. The second kappa shape index (κ2) is 10.4. The van der Waals surface area contributed by atoms with Crippen LogP contribution < -0.4 is 19.5 Å². The molecular weight excluding hydrogens is 394 g/mol. The van der Waals surface area contributed by atoms with Crippen LogP contribution in [0.5, 0.6) is 17.4 Å². The molecule has 7 nitrogen and oxygen atoms in total. The van der Waals surface area contributed by atoms with Crippen molar-refractivity contribution in [3.8, 4) is 28.6 Å². The summed E-state index contributed by atoms with van der Waals surface area (Å²) in [5, 5.41) is 11.0. The Labute approximate surface area is 182 Å². The van der Waals surface area contributed by atoms with Gasteiger partial charge in [-0.05, 0) is 73.9 Å². The molecule has 162 valence electrons. The summed E-state index contributed by atoms with van der Waals surface area (Å²) < 4.78 is 16.4. The number of carbonyl (C=O) groups is 1. The van der Waals surface area contributed by atoms with Crippen molar-refractivity contribution in [1.82, 2.24) is 15.5 Å². The molecule has 3 rings (SSSR count). The van der Waals surface area contributed by atoms with E-state index in [-0.39, 0.29) is 19.1 Å². The first-order valence-corrected chi connectivity index (χ1v) is 10.0. The molecule has 2 aromatic carbocycles. The van der Waals surface area contributed by atoms with Crippen LogP contribution in [0.25, 0.3) is 11.3 Å². The normalized spacial score (nSPS) is 10.5. The fourth-order valence-electron chi connectivity index (χ4n) is 3.00. The van der Waals surface area contributed by atoms with Crippen molar-refractivity contribution in [3.05, 3.63) is 65.2 Å². The Morgan fingerprint density at radius 2 is 1.74 bits per heavy atom. The molecule has 0 spiro atoms. The number of benzene rings is 2. The molecule has 1 N–H and O–H groups in total. The van der Waals surface area contributed by atoms with E-state index < -0.39 is 0 Å². The van der Waals surface area contributed by atoms with Crippen LogP contribution in [0.4, 0.5) is 0 Å². The van der Waals surface area contributed by atoms with Crippen molar-refractivity contribution in [3.63, 3.8) is 0 Å². The summed E-state index contributed by atoms with van der Waals surface area (Å²) in [4.78, 5) is 12.0. The number of methoxy groups -OCH3 is 1. The molecule has 7 heteroatoms. The SMILES string of the molecule is COc1ccc(-c2ccc(OCCNC(=O)COc3cc(C)cc(C)c3C)nn2)cc1. The van der Waals surface area contributed by atoms with Gasteiger partial charge in [0.1, 0.15) is 18.1 Å². The molecule has 0 atom stereocenters. The summed E-state index contributed by atoms with van der Waals surface area (Å²) in [5.41, 5.74) is 4.96. The minimum Gasteiger partial charge on any atom is -0.497 e. The summed E-state index contributed by atoms with van der Waals surface area (Å²) in [5.74, 6) is 1.71. The highest BCUT2D eigenvalue weighted by Crippen LogP contribution is 2.23. The summed E-state index contributed by atoms with van der Waals surface area (Å²) >= 11 is 0. The van der Waals surface area contributed by atoms with Gasteiger partial charge in [0.15, 0.2) is 6.61 Å².